The van der Waals surface area contributed by atoms with Crippen LogP contribution < -0.4 is 0 Å². The van der Waals surface area contributed by atoms with Gasteiger partial charge in [0.2, 0.25) is 22.8 Å². The van der Waals surface area contributed by atoms with Crippen LogP contribution in [-0.2, 0) is 4.79 Å². The molecular formula is C9H5F5O. The summed E-state index contributed by atoms with van der Waals surface area (Å²) in [5.74, 6) is -7.24. The molecule has 0 aliphatic heterocycles. The summed E-state index contributed by atoms with van der Waals surface area (Å²) < 4.78 is 67.2. The third-order valence-electron chi connectivity index (χ3n) is 3.77. The second-order valence-electron chi connectivity index (χ2n) is 4.38. The monoisotopic (exact) mass is 224 g/mol. The molecule has 5 aliphatic carbocycles. The summed E-state index contributed by atoms with van der Waals surface area (Å²) in [5.41, 5.74) is -9.75. The Morgan fingerprint density at radius 1 is 1.07 bits per heavy atom. The first-order valence-corrected chi connectivity index (χ1v) is 4.46. The van der Waals surface area contributed by atoms with Gasteiger partial charge in [-0.05, 0) is 6.42 Å². The normalized spacial score (nSPS) is 57.1. The van der Waals surface area contributed by atoms with Crippen molar-refractivity contribution in [3.63, 3.8) is 0 Å². The summed E-state index contributed by atoms with van der Waals surface area (Å²) in [6.07, 6.45) is -1.36. The fraction of sp³-hybridized carbons (Fsp3) is 0.667. The van der Waals surface area contributed by atoms with Crippen molar-refractivity contribution >= 4 is 5.78 Å². The molecule has 4 atom stereocenters. The molecule has 0 aromatic rings. The van der Waals surface area contributed by atoms with E-state index in [1.165, 1.54) is 0 Å². The van der Waals surface area contributed by atoms with Crippen LogP contribution in [0.2, 0.25) is 0 Å². The topological polar surface area (TPSA) is 17.1 Å². The van der Waals surface area contributed by atoms with E-state index in [0.29, 0.717) is 0 Å². The van der Waals surface area contributed by atoms with Crippen LogP contribution in [0.15, 0.2) is 11.7 Å². The first kappa shape index (κ1) is 9.30. The Morgan fingerprint density at radius 2 is 1.67 bits per heavy atom. The SMILES string of the molecule is O=C1C2(F)CC3CC1(F)C3(F)C(F)=C2F. The van der Waals surface area contributed by atoms with Crippen LogP contribution in [0.3, 0.4) is 0 Å². The highest BCUT2D eigenvalue weighted by Crippen LogP contribution is 2.70. The molecule has 6 heteroatoms. The van der Waals surface area contributed by atoms with E-state index >= 15 is 0 Å². The van der Waals surface area contributed by atoms with Crippen molar-refractivity contribution in [3.8, 4) is 0 Å². The van der Waals surface area contributed by atoms with Gasteiger partial charge >= 0.3 is 0 Å². The molecule has 0 amide bonds. The van der Waals surface area contributed by atoms with Crippen LogP contribution in [0.5, 0.6) is 0 Å². The minimum absolute atomic E-state index is 0.561. The fourth-order valence-corrected chi connectivity index (χ4v) is 2.91. The molecular weight excluding hydrogens is 219 g/mol. The number of alkyl halides is 3. The molecule has 0 aromatic carbocycles. The lowest BCUT2D eigenvalue weighted by Gasteiger charge is -2.62. The van der Waals surface area contributed by atoms with E-state index < -0.39 is 53.2 Å². The molecule has 0 spiro atoms. The molecule has 0 radical (unpaired) electrons. The predicted molar refractivity (Wildman–Crippen MR) is 38.5 cm³/mol. The Morgan fingerprint density at radius 3 is 2.27 bits per heavy atom. The number of carbonyl (C=O) groups excluding carboxylic acids is 1. The second-order valence-corrected chi connectivity index (χ2v) is 4.38. The van der Waals surface area contributed by atoms with Crippen molar-refractivity contribution in [1.82, 2.24) is 0 Å². The highest BCUT2D eigenvalue weighted by Gasteiger charge is 2.86. The molecule has 3 saturated carbocycles. The molecule has 5 aliphatic rings. The number of hydrogen-bond donors (Lipinski definition) is 0. The Bertz CT molecular complexity index is 432. The van der Waals surface area contributed by atoms with Gasteiger partial charge in [0.25, 0.3) is 0 Å². The van der Waals surface area contributed by atoms with Crippen molar-refractivity contribution in [2.45, 2.75) is 29.8 Å². The van der Waals surface area contributed by atoms with Gasteiger partial charge in [-0.15, -0.1) is 0 Å². The zero-order valence-corrected chi connectivity index (χ0v) is 7.29. The number of rotatable bonds is 0. The maximum Gasteiger partial charge on any atom is 0.226 e. The smallest absolute Gasteiger partial charge is 0.226 e. The Hall–Kier alpha value is -0.940. The predicted octanol–water partition coefficient (Wildman–Crippen LogP) is 2.27. The molecule has 0 aromatic heterocycles. The van der Waals surface area contributed by atoms with Gasteiger partial charge in [0, 0.05) is 12.3 Å². The van der Waals surface area contributed by atoms with E-state index in [4.69, 9.17) is 0 Å². The lowest BCUT2D eigenvalue weighted by Crippen LogP contribution is -2.80. The molecule has 1 nitrogen and oxygen atoms in total. The van der Waals surface area contributed by atoms with Crippen LogP contribution in [0, 0.1) is 5.92 Å². The number of carbonyl (C=O) groups is 1. The minimum atomic E-state index is -3.28. The minimum Gasteiger partial charge on any atom is -0.292 e. The van der Waals surface area contributed by atoms with Crippen molar-refractivity contribution in [2.75, 3.05) is 0 Å². The van der Waals surface area contributed by atoms with Crippen LogP contribution >= 0.6 is 0 Å². The fourth-order valence-electron chi connectivity index (χ4n) is 2.91. The Kier molecular flexibility index (Phi) is 1.22. The zero-order valence-electron chi connectivity index (χ0n) is 7.29. The maximum atomic E-state index is 13.8. The lowest BCUT2D eigenvalue weighted by molar-refractivity contribution is -0.228. The first-order chi connectivity index (χ1) is 6.78. The van der Waals surface area contributed by atoms with Crippen molar-refractivity contribution in [1.29, 1.82) is 0 Å². The van der Waals surface area contributed by atoms with E-state index in [1.54, 1.807) is 0 Å². The molecule has 4 unspecified atom stereocenters. The van der Waals surface area contributed by atoms with Crippen molar-refractivity contribution in [2.24, 2.45) is 5.92 Å². The van der Waals surface area contributed by atoms with Crippen molar-refractivity contribution < 1.29 is 26.7 Å². The third-order valence-corrected chi connectivity index (χ3v) is 3.77. The molecule has 4 bridgehead atoms. The highest BCUT2D eigenvalue weighted by molar-refractivity contribution is 6.03. The zero-order chi connectivity index (χ0) is 11.2. The largest absolute Gasteiger partial charge is 0.292 e. The van der Waals surface area contributed by atoms with E-state index in [-0.39, 0.29) is 0 Å². The average molecular weight is 224 g/mol. The molecule has 0 saturated heterocycles. The highest BCUT2D eigenvalue weighted by atomic mass is 19.2. The Labute approximate surface area is 80.9 Å². The van der Waals surface area contributed by atoms with Gasteiger partial charge in [0.1, 0.15) is 0 Å². The number of hydrogen-bond acceptors (Lipinski definition) is 1. The first-order valence-electron chi connectivity index (χ1n) is 4.46. The summed E-state index contributed by atoms with van der Waals surface area (Å²) in [7, 11) is 0. The third kappa shape index (κ3) is 0.589. The number of halogens is 5. The lowest BCUT2D eigenvalue weighted by atomic mass is 9.45. The molecule has 5 rings (SSSR count). The summed E-state index contributed by atoms with van der Waals surface area (Å²) in [6, 6.07) is 0. The van der Waals surface area contributed by atoms with Crippen LogP contribution in [0.1, 0.15) is 12.8 Å². The maximum absolute atomic E-state index is 13.8. The van der Waals surface area contributed by atoms with Gasteiger partial charge in [-0.25, -0.2) is 22.0 Å². The van der Waals surface area contributed by atoms with E-state index in [1.807, 2.05) is 0 Å². The second kappa shape index (κ2) is 1.97. The van der Waals surface area contributed by atoms with Gasteiger partial charge in [0.15, 0.2) is 11.7 Å². The summed E-state index contributed by atoms with van der Waals surface area (Å²) >= 11 is 0. The van der Waals surface area contributed by atoms with Crippen molar-refractivity contribution in [3.05, 3.63) is 11.7 Å². The van der Waals surface area contributed by atoms with Gasteiger partial charge in [-0.2, -0.15) is 0 Å². The molecule has 0 N–H and O–H groups in total. The summed E-state index contributed by atoms with van der Waals surface area (Å²) in [5, 5.41) is 0. The number of allylic oxidation sites excluding steroid dienone is 2. The van der Waals surface area contributed by atoms with Gasteiger partial charge < -0.3 is 0 Å². The standard InChI is InChI=1S/C9H5F5O/c10-4-5(11)9(14)3-1-7(4,12)6(15)8(9,13)2-3/h3H,1-2H2. The van der Waals surface area contributed by atoms with Gasteiger partial charge in [-0.3, -0.25) is 4.79 Å². The van der Waals surface area contributed by atoms with Crippen LogP contribution in [0.25, 0.3) is 0 Å². The molecule has 3 fully saturated rings. The quantitative estimate of drug-likeness (QED) is 0.577. The molecule has 82 valence electrons. The van der Waals surface area contributed by atoms with Gasteiger partial charge in [-0.1, -0.05) is 0 Å². The van der Waals surface area contributed by atoms with E-state index in [9.17, 15) is 26.7 Å². The summed E-state index contributed by atoms with van der Waals surface area (Å²) in [4.78, 5) is 11.2. The van der Waals surface area contributed by atoms with Crippen LogP contribution in [0.4, 0.5) is 22.0 Å². The average Bonchev–Trinajstić information content (AvgIpc) is 2.19. The van der Waals surface area contributed by atoms with E-state index in [0.717, 1.165) is 0 Å². The van der Waals surface area contributed by atoms with Crippen LogP contribution in [-0.4, -0.2) is 22.8 Å². The number of ketones is 1. The van der Waals surface area contributed by atoms with E-state index in [2.05, 4.69) is 0 Å². The summed E-state index contributed by atoms with van der Waals surface area (Å²) in [6.45, 7) is 0. The number of Topliss-reactive ketones (excluding diaryl/α,β-unsaturated/α-hetero) is 1. The van der Waals surface area contributed by atoms with Gasteiger partial charge in [0.05, 0.1) is 0 Å². The molecule has 0 heterocycles. The molecule has 15 heavy (non-hydrogen) atoms. The Balaban J connectivity index is 2.34.